The second-order valence-corrected chi connectivity index (χ2v) is 3.27. The van der Waals surface area contributed by atoms with Gasteiger partial charge in [-0.1, -0.05) is 6.08 Å². The van der Waals surface area contributed by atoms with Crippen molar-refractivity contribution < 1.29 is 9.53 Å². The van der Waals surface area contributed by atoms with Gasteiger partial charge in [0.15, 0.2) is 0 Å². The van der Waals surface area contributed by atoms with Crippen molar-refractivity contribution in [2.75, 3.05) is 13.7 Å². The Hall–Kier alpha value is -1.34. The average Bonchev–Trinajstić information content (AvgIpc) is 2.60. The molecule has 0 aromatic heterocycles. The van der Waals surface area contributed by atoms with Crippen LogP contribution in [0.15, 0.2) is 12.7 Å². The van der Waals surface area contributed by atoms with E-state index in [1.54, 1.807) is 6.08 Å². The molecule has 14 heavy (non-hydrogen) atoms. The molecule has 0 radical (unpaired) electrons. The molecule has 0 bridgehead atoms. The number of methoxy groups -OCH3 is 1. The molecule has 76 valence electrons. The fourth-order valence-electron chi connectivity index (χ4n) is 1.72. The topological polar surface area (TPSA) is 53.3 Å². The molecule has 0 aliphatic carbocycles. The Morgan fingerprint density at radius 1 is 1.79 bits per heavy atom. The van der Waals surface area contributed by atoms with Gasteiger partial charge in [-0.2, -0.15) is 5.26 Å². The Morgan fingerprint density at radius 3 is 3.00 bits per heavy atom. The molecule has 1 aliphatic heterocycles. The maximum atomic E-state index is 11.1. The van der Waals surface area contributed by atoms with E-state index in [0.29, 0.717) is 0 Å². The Labute approximate surface area is 83.8 Å². The van der Waals surface area contributed by atoms with Crippen LogP contribution in [0.5, 0.6) is 0 Å². The van der Waals surface area contributed by atoms with Gasteiger partial charge in [0.2, 0.25) is 0 Å². The fourth-order valence-corrected chi connectivity index (χ4v) is 1.72. The first-order valence-electron chi connectivity index (χ1n) is 4.57. The van der Waals surface area contributed by atoms with E-state index in [1.807, 2.05) is 4.90 Å². The lowest BCUT2D eigenvalue weighted by atomic mass is 10.2. The lowest BCUT2D eigenvalue weighted by molar-refractivity contribution is -0.142. The number of hydrogen-bond acceptors (Lipinski definition) is 4. The lowest BCUT2D eigenvalue weighted by Crippen LogP contribution is -2.38. The first kappa shape index (κ1) is 10.7. The zero-order valence-electron chi connectivity index (χ0n) is 8.27. The number of nitrogens with zero attached hydrogens (tertiary/aromatic N) is 2. The molecule has 0 saturated carbocycles. The maximum absolute atomic E-state index is 11.1. The molecule has 0 aromatic carbocycles. The molecule has 0 N–H and O–H groups in total. The summed E-state index contributed by atoms with van der Waals surface area (Å²) in [6.45, 7) is 3.86. The van der Waals surface area contributed by atoms with E-state index in [0.717, 1.165) is 12.8 Å². The maximum Gasteiger partial charge on any atom is 0.319 e. The Kier molecular flexibility index (Phi) is 3.66. The van der Waals surface area contributed by atoms with Crippen molar-refractivity contribution in [2.45, 2.75) is 24.9 Å². The summed E-state index contributed by atoms with van der Waals surface area (Å²) < 4.78 is 4.57. The van der Waals surface area contributed by atoms with Gasteiger partial charge in [-0.05, 0) is 12.8 Å². The van der Waals surface area contributed by atoms with Crippen molar-refractivity contribution in [1.82, 2.24) is 4.90 Å². The molecule has 4 nitrogen and oxygen atoms in total. The summed E-state index contributed by atoms with van der Waals surface area (Å²) >= 11 is 0. The number of likely N-dealkylation sites (tertiary alicyclic amines) is 1. The van der Waals surface area contributed by atoms with E-state index in [-0.39, 0.29) is 24.6 Å². The molecule has 1 aliphatic rings. The second-order valence-electron chi connectivity index (χ2n) is 3.27. The summed E-state index contributed by atoms with van der Waals surface area (Å²) in [6.07, 6.45) is 3.46. The third-order valence-corrected chi connectivity index (χ3v) is 2.52. The Bertz CT molecular complexity index is 270. The van der Waals surface area contributed by atoms with Gasteiger partial charge in [0, 0.05) is 6.04 Å². The average molecular weight is 194 g/mol. The van der Waals surface area contributed by atoms with Gasteiger partial charge in [0.1, 0.15) is 0 Å². The van der Waals surface area contributed by atoms with Crippen molar-refractivity contribution in [3.05, 3.63) is 12.7 Å². The van der Waals surface area contributed by atoms with Gasteiger partial charge in [-0.15, -0.1) is 6.58 Å². The van der Waals surface area contributed by atoms with E-state index < -0.39 is 0 Å². The molecule has 1 heterocycles. The van der Waals surface area contributed by atoms with Crippen molar-refractivity contribution in [3.8, 4) is 6.07 Å². The highest BCUT2D eigenvalue weighted by atomic mass is 16.5. The highest BCUT2D eigenvalue weighted by molar-refractivity contribution is 5.71. The number of hydrogen-bond donors (Lipinski definition) is 0. The molecule has 1 saturated heterocycles. The molecule has 1 rings (SSSR count). The van der Waals surface area contributed by atoms with E-state index in [1.165, 1.54) is 7.11 Å². The van der Waals surface area contributed by atoms with E-state index in [4.69, 9.17) is 5.26 Å². The van der Waals surface area contributed by atoms with Crippen LogP contribution in [0.3, 0.4) is 0 Å². The van der Waals surface area contributed by atoms with Crippen molar-refractivity contribution in [1.29, 1.82) is 5.26 Å². The zero-order valence-corrected chi connectivity index (χ0v) is 8.27. The highest BCUT2D eigenvalue weighted by Gasteiger charge is 2.32. The SMILES string of the molecule is C=CC1CCC(C#N)N1CC(=O)OC. The van der Waals surface area contributed by atoms with Crippen LogP contribution in [0, 0.1) is 11.3 Å². The minimum atomic E-state index is -0.306. The molecule has 2 atom stereocenters. The summed E-state index contributed by atoms with van der Waals surface area (Å²) in [5.41, 5.74) is 0. The summed E-state index contributed by atoms with van der Waals surface area (Å²) in [5, 5.41) is 8.86. The first-order valence-corrected chi connectivity index (χ1v) is 4.57. The second kappa shape index (κ2) is 4.77. The van der Waals surface area contributed by atoms with Crippen LogP contribution >= 0.6 is 0 Å². The van der Waals surface area contributed by atoms with Gasteiger partial charge in [0.05, 0.1) is 25.8 Å². The van der Waals surface area contributed by atoms with Gasteiger partial charge < -0.3 is 4.74 Å². The number of rotatable bonds is 3. The van der Waals surface area contributed by atoms with Crippen molar-refractivity contribution in [3.63, 3.8) is 0 Å². The van der Waals surface area contributed by atoms with E-state index >= 15 is 0 Å². The molecule has 1 fully saturated rings. The van der Waals surface area contributed by atoms with Crippen molar-refractivity contribution in [2.24, 2.45) is 0 Å². The predicted molar refractivity (Wildman–Crippen MR) is 51.3 cm³/mol. The minimum Gasteiger partial charge on any atom is -0.468 e. The lowest BCUT2D eigenvalue weighted by Gasteiger charge is -2.22. The summed E-state index contributed by atoms with van der Waals surface area (Å²) in [6, 6.07) is 2.12. The molecule has 0 aromatic rings. The summed E-state index contributed by atoms with van der Waals surface area (Å²) in [5.74, 6) is -0.306. The van der Waals surface area contributed by atoms with Crippen LogP contribution in [0.25, 0.3) is 0 Å². The fraction of sp³-hybridized carbons (Fsp3) is 0.600. The monoisotopic (exact) mass is 194 g/mol. The normalized spacial score (nSPS) is 26.9. The predicted octanol–water partition coefficient (Wildman–Crippen LogP) is 0.702. The Balaban J connectivity index is 2.65. The van der Waals surface area contributed by atoms with Crippen LogP contribution in [0.2, 0.25) is 0 Å². The van der Waals surface area contributed by atoms with Gasteiger partial charge in [-0.3, -0.25) is 9.69 Å². The molecule has 2 unspecified atom stereocenters. The number of carbonyl (C=O) groups is 1. The Morgan fingerprint density at radius 2 is 2.50 bits per heavy atom. The van der Waals surface area contributed by atoms with Gasteiger partial charge in [0.25, 0.3) is 0 Å². The van der Waals surface area contributed by atoms with Crippen LogP contribution < -0.4 is 0 Å². The number of carbonyl (C=O) groups excluding carboxylic acids is 1. The number of ether oxygens (including phenoxy) is 1. The number of nitriles is 1. The molecule has 4 heteroatoms. The van der Waals surface area contributed by atoms with Gasteiger partial charge in [-0.25, -0.2) is 0 Å². The highest BCUT2D eigenvalue weighted by Crippen LogP contribution is 2.23. The molecular formula is C10H14N2O2. The quantitative estimate of drug-likeness (QED) is 0.490. The number of esters is 1. The molecule has 0 spiro atoms. The zero-order chi connectivity index (χ0) is 10.6. The standard InChI is InChI=1S/C10H14N2O2/c1-3-8-4-5-9(6-11)12(8)7-10(13)14-2/h3,8-9H,1,4-5,7H2,2H3. The molecule has 0 amide bonds. The summed E-state index contributed by atoms with van der Waals surface area (Å²) in [4.78, 5) is 12.9. The minimum absolute atomic E-state index is 0.124. The van der Waals surface area contributed by atoms with Crippen molar-refractivity contribution >= 4 is 5.97 Å². The van der Waals surface area contributed by atoms with Crippen LogP contribution in [0.4, 0.5) is 0 Å². The van der Waals surface area contributed by atoms with Crippen LogP contribution in [-0.4, -0.2) is 36.6 Å². The van der Waals surface area contributed by atoms with Crippen LogP contribution in [0.1, 0.15) is 12.8 Å². The third kappa shape index (κ3) is 2.12. The smallest absolute Gasteiger partial charge is 0.319 e. The third-order valence-electron chi connectivity index (χ3n) is 2.52. The largest absolute Gasteiger partial charge is 0.468 e. The molecular weight excluding hydrogens is 180 g/mol. The van der Waals surface area contributed by atoms with E-state index in [9.17, 15) is 4.79 Å². The van der Waals surface area contributed by atoms with E-state index in [2.05, 4.69) is 17.4 Å². The first-order chi connectivity index (χ1) is 6.72. The van der Waals surface area contributed by atoms with Crippen LogP contribution in [-0.2, 0) is 9.53 Å². The summed E-state index contributed by atoms with van der Waals surface area (Å²) in [7, 11) is 1.35. The van der Waals surface area contributed by atoms with Gasteiger partial charge >= 0.3 is 5.97 Å².